The van der Waals surface area contributed by atoms with E-state index in [9.17, 15) is 18.0 Å². The fraction of sp³-hybridized carbons (Fsp3) is 0.231. The van der Waals surface area contributed by atoms with Gasteiger partial charge in [0.05, 0.1) is 4.90 Å². The quantitative estimate of drug-likeness (QED) is 0.491. The average Bonchev–Trinajstić information content (AvgIpc) is 2.91. The second-order valence-corrected chi connectivity index (χ2v) is 10.1. The van der Waals surface area contributed by atoms with E-state index in [1.165, 1.54) is 28.6 Å². The Morgan fingerprint density at radius 1 is 0.829 bits per heavy atom. The number of para-hydroxylation sites is 1. The van der Waals surface area contributed by atoms with Gasteiger partial charge in [-0.2, -0.15) is 4.31 Å². The number of benzene rings is 3. The number of hydrogen-bond donors (Lipinski definition) is 2. The molecule has 8 nitrogen and oxygen atoms in total. The predicted molar refractivity (Wildman–Crippen MR) is 132 cm³/mol. The molecule has 4 rings (SSSR count). The minimum absolute atomic E-state index is 0.0548. The van der Waals surface area contributed by atoms with Gasteiger partial charge in [-0.3, -0.25) is 20.4 Å². The molecule has 0 radical (unpaired) electrons. The first kappa shape index (κ1) is 24.4. The number of rotatable bonds is 7. The smallest absolute Gasteiger partial charge is 0.276 e. The third-order valence-corrected chi connectivity index (χ3v) is 7.59. The van der Waals surface area contributed by atoms with Crippen LogP contribution < -0.4 is 15.6 Å². The third kappa shape index (κ3) is 6.06. The van der Waals surface area contributed by atoms with Crippen molar-refractivity contribution in [2.24, 2.45) is 0 Å². The molecular weight excluding hydrogens is 466 g/mol. The molecule has 1 aliphatic heterocycles. The van der Waals surface area contributed by atoms with Gasteiger partial charge in [-0.1, -0.05) is 61.0 Å². The van der Waals surface area contributed by atoms with E-state index in [2.05, 4.69) is 10.9 Å². The summed E-state index contributed by atoms with van der Waals surface area (Å²) in [6, 6.07) is 22.8. The third-order valence-electron chi connectivity index (χ3n) is 5.70. The van der Waals surface area contributed by atoms with Gasteiger partial charge in [-0.15, -0.1) is 0 Å². The van der Waals surface area contributed by atoms with E-state index in [0.29, 0.717) is 18.8 Å². The SMILES string of the molecule is O=C(COc1ccccc1-c1ccccc1)NNC(=O)c1cccc(S(=O)(=O)N2CCCCC2)c1. The topological polar surface area (TPSA) is 105 Å². The molecule has 0 saturated carbocycles. The van der Waals surface area contributed by atoms with Crippen molar-refractivity contribution >= 4 is 21.8 Å². The minimum atomic E-state index is -3.67. The zero-order chi connectivity index (χ0) is 24.7. The van der Waals surface area contributed by atoms with Gasteiger partial charge >= 0.3 is 0 Å². The lowest BCUT2D eigenvalue weighted by molar-refractivity contribution is -0.123. The van der Waals surface area contributed by atoms with E-state index in [1.807, 2.05) is 48.5 Å². The monoisotopic (exact) mass is 493 g/mol. The Bertz CT molecular complexity index is 1290. The van der Waals surface area contributed by atoms with Crippen LogP contribution >= 0.6 is 0 Å². The van der Waals surface area contributed by atoms with Gasteiger partial charge in [0.1, 0.15) is 5.75 Å². The van der Waals surface area contributed by atoms with Gasteiger partial charge < -0.3 is 4.74 Å². The Balaban J connectivity index is 1.34. The van der Waals surface area contributed by atoms with Crippen LogP contribution in [0.3, 0.4) is 0 Å². The van der Waals surface area contributed by atoms with Crippen molar-refractivity contribution in [3.8, 4) is 16.9 Å². The first-order chi connectivity index (χ1) is 16.9. The van der Waals surface area contributed by atoms with Gasteiger partial charge in [0.15, 0.2) is 6.61 Å². The molecule has 0 spiro atoms. The molecule has 0 bridgehead atoms. The Morgan fingerprint density at radius 2 is 1.54 bits per heavy atom. The number of hydrazine groups is 1. The number of ether oxygens (including phenoxy) is 1. The second-order valence-electron chi connectivity index (χ2n) is 8.15. The fourth-order valence-electron chi connectivity index (χ4n) is 3.88. The summed E-state index contributed by atoms with van der Waals surface area (Å²) in [7, 11) is -3.67. The number of nitrogens with one attached hydrogen (secondary N) is 2. The van der Waals surface area contributed by atoms with Crippen molar-refractivity contribution in [2.45, 2.75) is 24.2 Å². The van der Waals surface area contributed by atoms with E-state index < -0.39 is 21.8 Å². The molecule has 1 fully saturated rings. The molecule has 3 aromatic carbocycles. The van der Waals surface area contributed by atoms with Crippen LogP contribution in [-0.4, -0.2) is 44.2 Å². The van der Waals surface area contributed by atoms with Gasteiger partial charge in [0, 0.05) is 24.2 Å². The lowest BCUT2D eigenvalue weighted by Gasteiger charge is -2.26. The maximum absolute atomic E-state index is 12.9. The molecule has 1 aliphatic rings. The van der Waals surface area contributed by atoms with Crippen molar-refractivity contribution in [1.29, 1.82) is 0 Å². The van der Waals surface area contributed by atoms with Gasteiger partial charge in [-0.25, -0.2) is 8.42 Å². The maximum Gasteiger partial charge on any atom is 0.276 e. The fourth-order valence-corrected chi connectivity index (χ4v) is 5.44. The van der Waals surface area contributed by atoms with Crippen molar-refractivity contribution < 1.29 is 22.7 Å². The molecule has 9 heteroatoms. The number of carbonyl (C=O) groups excluding carboxylic acids is 2. The van der Waals surface area contributed by atoms with Crippen molar-refractivity contribution in [3.05, 3.63) is 84.4 Å². The highest BCUT2D eigenvalue weighted by Crippen LogP contribution is 2.29. The van der Waals surface area contributed by atoms with Crippen LogP contribution in [-0.2, 0) is 14.8 Å². The lowest BCUT2D eigenvalue weighted by Crippen LogP contribution is -2.44. The van der Waals surface area contributed by atoms with Crippen LogP contribution in [0.2, 0.25) is 0 Å². The van der Waals surface area contributed by atoms with E-state index in [4.69, 9.17) is 4.74 Å². The number of piperidine rings is 1. The highest BCUT2D eigenvalue weighted by Gasteiger charge is 2.26. The maximum atomic E-state index is 12.9. The number of amides is 2. The number of carbonyl (C=O) groups is 2. The Hall–Kier alpha value is -3.69. The lowest BCUT2D eigenvalue weighted by atomic mass is 10.1. The molecule has 35 heavy (non-hydrogen) atoms. The molecular formula is C26H27N3O5S. The first-order valence-corrected chi connectivity index (χ1v) is 12.9. The van der Waals surface area contributed by atoms with E-state index in [-0.39, 0.29) is 17.1 Å². The zero-order valence-corrected chi connectivity index (χ0v) is 20.0. The largest absolute Gasteiger partial charge is 0.483 e. The second kappa shape index (κ2) is 11.2. The van der Waals surface area contributed by atoms with Crippen molar-refractivity contribution in [1.82, 2.24) is 15.2 Å². The van der Waals surface area contributed by atoms with E-state index in [1.54, 1.807) is 6.07 Å². The van der Waals surface area contributed by atoms with Gasteiger partial charge in [0.2, 0.25) is 10.0 Å². The molecule has 1 heterocycles. The van der Waals surface area contributed by atoms with E-state index in [0.717, 1.165) is 30.4 Å². The molecule has 2 amide bonds. The summed E-state index contributed by atoms with van der Waals surface area (Å²) in [6.07, 6.45) is 2.66. The average molecular weight is 494 g/mol. The van der Waals surface area contributed by atoms with Crippen LogP contribution in [0.5, 0.6) is 5.75 Å². The van der Waals surface area contributed by atoms with Crippen molar-refractivity contribution in [2.75, 3.05) is 19.7 Å². The molecule has 0 aliphatic carbocycles. The predicted octanol–water partition coefficient (Wildman–Crippen LogP) is 3.37. The standard InChI is InChI=1S/C26H27N3O5S/c30-25(19-34-24-15-6-5-14-23(24)20-10-3-1-4-11-20)27-28-26(31)21-12-9-13-22(18-21)35(32,33)29-16-7-2-8-17-29/h1,3-6,9-15,18H,2,7-8,16-17,19H2,(H,27,30)(H,28,31). The number of nitrogens with zero attached hydrogens (tertiary/aromatic N) is 1. The zero-order valence-electron chi connectivity index (χ0n) is 19.1. The summed E-state index contributed by atoms with van der Waals surface area (Å²) in [5.41, 5.74) is 6.54. The molecule has 3 aromatic rings. The Kier molecular flexibility index (Phi) is 7.79. The van der Waals surface area contributed by atoms with Crippen LogP contribution in [0, 0.1) is 0 Å². The van der Waals surface area contributed by atoms with Gasteiger partial charge in [-0.05, 0) is 42.7 Å². The summed E-state index contributed by atoms with van der Waals surface area (Å²) >= 11 is 0. The molecule has 0 atom stereocenters. The summed E-state index contributed by atoms with van der Waals surface area (Å²) in [5.74, 6) is -0.646. The summed E-state index contributed by atoms with van der Waals surface area (Å²) < 4.78 is 32.9. The molecule has 182 valence electrons. The Morgan fingerprint density at radius 3 is 2.31 bits per heavy atom. The normalized spacial score (nSPS) is 14.2. The molecule has 1 saturated heterocycles. The highest BCUT2D eigenvalue weighted by molar-refractivity contribution is 7.89. The minimum Gasteiger partial charge on any atom is -0.483 e. The first-order valence-electron chi connectivity index (χ1n) is 11.4. The molecule has 2 N–H and O–H groups in total. The summed E-state index contributed by atoms with van der Waals surface area (Å²) in [4.78, 5) is 24.9. The summed E-state index contributed by atoms with van der Waals surface area (Å²) in [6.45, 7) is 0.637. The Labute approximate surface area is 204 Å². The van der Waals surface area contributed by atoms with Crippen LogP contribution in [0.15, 0.2) is 83.8 Å². The van der Waals surface area contributed by atoms with Crippen molar-refractivity contribution in [3.63, 3.8) is 0 Å². The number of sulfonamides is 1. The number of hydrogen-bond acceptors (Lipinski definition) is 5. The molecule has 0 aromatic heterocycles. The highest BCUT2D eigenvalue weighted by atomic mass is 32.2. The van der Waals surface area contributed by atoms with Crippen LogP contribution in [0.1, 0.15) is 29.6 Å². The summed E-state index contributed by atoms with van der Waals surface area (Å²) in [5, 5.41) is 0. The van der Waals surface area contributed by atoms with Crippen LogP contribution in [0.25, 0.3) is 11.1 Å². The molecule has 0 unspecified atom stereocenters. The van der Waals surface area contributed by atoms with E-state index >= 15 is 0 Å². The van der Waals surface area contributed by atoms with Gasteiger partial charge in [0.25, 0.3) is 11.8 Å². The van der Waals surface area contributed by atoms with Crippen LogP contribution in [0.4, 0.5) is 0 Å².